The largest absolute Gasteiger partial charge is 0.396 e. The number of carbonyl (C=O) groups excluding carboxylic acids is 1. The van der Waals surface area contributed by atoms with Gasteiger partial charge in [0.15, 0.2) is 5.78 Å². The van der Waals surface area contributed by atoms with E-state index in [9.17, 15) is 4.79 Å². The van der Waals surface area contributed by atoms with Crippen molar-refractivity contribution in [1.82, 2.24) is 4.98 Å². The van der Waals surface area contributed by atoms with Gasteiger partial charge in [0.05, 0.1) is 0 Å². The molecule has 16 heavy (non-hydrogen) atoms. The number of nitrogens with zero attached hydrogens (tertiary/aromatic N) is 1. The van der Waals surface area contributed by atoms with E-state index in [4.69, 9.17) is 5.11 Å². The van der Waals surface area contributed by atoms with Crippen molar-refractivity contribution in [3.63, 3.8) is 0 Å². The third kappa shape index (κ3) is 3.84. The molecule has 0 bridgehead atoms. The molecule has 0 fully saturated rings. The molecule has 1 rings (SSSR count). The molecule has 3 nitrogen and oxygen atoms in total. The van der Waals surface area contributed by atoms with Gasteiger partial charge >= 0.3 is 0 Å². The van der Waals surface area contributed by atoms with Crippen LogP contribution in [0.15, 0.2) is 18.3 Å². The van der Waals surface area contributed by atoms with Crippen LogP contribution in [0, 0.1) is 11.8 Å². The maximum atomic E-state index is 11.6. The SMILES string of the molecule is CCC#Cc1ccnc(C(=O)CCCO)c1. The van der Waals surface area contributed by atoms with E-state index in [1.54, 1.807) is 18.3 Å². The highest BCUT2D eigenvalue weighted by Crippen LogP contribution is 2.05. The van der Waals surface area contributed by atoms with Gasteiger partial charge in [-0.3, -0.25) is 9.78 Å². The molecule has 0 spiro atoms. The van der Waals surface area contributed by atoms with E-state index in [2.05, 4.69) is 16.8 Å². The fourth-order valence-electron chi connectivity index (χ4n) is 1.22. The number of aliphatic hydroxyl groups is 1. The van der Waals surface area contributed by atoms with Crippen LogP contribution in [0.3, 0.4) is 0 Å². The van der Waals surface area contributed by atoms with Crippen molar-refractivity contribution in [3.05, 3.63) is 29.6 Å². The van der Waals surface area contributed by atoms with E-state index in [-0.39, 0.29) is 12.4 Å². The van der Waals surface area contributed by atoms with E-state index >= 15 is 0 Å². The molecule has 84 valence electrons. The first-order valence-electron chi connectivity index (χ1n) is 5.37. The summed E-state index contributed by atoms with van der Waals surface area (Å²) in [7, 11) is 0. The van der Waals surface area contributed by atoms with E-state index in [0.29, 0.717) is 18.5 Å². The molecule has 0 radical (unpaired) electrons. The Morgan fingerprint density at radius 1 is 1.56 bits per heavy atom. The monoisotopic (exact) mass is 217 g/mol. The van der Waals surface area contributed by atoms with Crippen molar-refractivity contribution in [1.29, 1.82) is 0 Å². The zero-order chi connectivity index (χ0) is 11.8. The van der Waals surface area contributed by atoms with Gasteiger partial charge in [-0.25, -0.2) is 0 Å². The van der Waals surface area contributed by atoms with Crippen molar-refractivity contribution in [2.75, 3.05) is 6.61 Å². The first-order valence-corrected chi connectivity index (χ1v) is 5.37. The third-order valence-corrected chi connectivity index (χ3v) is 2.02. The van der Waals surface area contributed by atoms with Gasteiger partial charge in [-0.2, -0.15) is 0 Å². The molecule has 0 aliphatic carbocycles. The van der Waals surface area contributed by atoms with E-state index in [1.165, 1.54) is 0 Å². The number of aromatic nitrogens is 1. The lowest BCUT2D eigenvalue weighted by Crippen LogP contribution is -2.03. The van der Waals surface area contributed by atoms with Crippen LogP contribution in [0.25, 0.3) is 0 Å². The second-order valence-electron chi connectivity index (χ2n) is 3.34. The van der Waals surface area contributed by atoms with Crippen LogP contribution in [0.4, 0.5) is 0 Å². The number of hydrogen-bond acceptors (Lipinski definition) is 3. The zero-order valence-electron chi connectivity index (χ0n) is 9.36. The number of Topliss-reactive ketones (excluding diaryl/α,β-unsaturated/α-hetero) is 1. The average molecular weight is 217 g/mol. The van der Waals surface area contributed by atoms with Crippen molar-refractivity contribution < 1.29 is 9.90 Å². The molecular formula is C13H15NO2. The molecule has 1 heterocycles. The molecule has 0 saturated heterocycles. The van der Waals surface area contributed by atoms with Crippen LogP contribution in [0.2, 0.25) is 0 Å². The lowest BCUT2D eigenvalue weighted by molar-refractivity contribution is 0.0966. The van der Waals surface area contributed by atoms with E-state index in [1.807, 2.05) is 6.92 Å². The Kier molecular flexibility index (Phi) is 5.24. The summed E-state index contributed by atoms with van der Waals surface area (Å²) in [6, 6.07) is 3.48. The summed E-state index contributed by atoms with van der Waals surface area (Å²) >= 11 is 0. The number of aliphatic hydroxyl groups excluding tert-OH is 1. The Bertz CT molecular complexity index is 415. The van der Waals surface area contributed by atoms with Gasteiger partial charge in [-0.15, -0.1) is 0 Å². The van der Waals surface area contributed by atoms with Crippen LogP contribution in [-0.2, 0) is 0 Å². The average Bonchev–Trinajstić information content (AvgIpc) is 2.33. The standard InChI is InChI=1S/C13H15NO2/c1-2-3-5-11-7-8-14-12(10-11)13(16)6-4-9-15/h7-8,10,15H,2,4,6,9H2,1H3. The molecule has 1 aromatic heterocycles. The molecule has 1 aromatic rings. The lowest BCUT2D eigenvalue weighted by atomic mass is 10.1. The summed E-state index contributed by atoms with van der Waals surface area (Å²) in [4.78, 5) is 15.6. The predicted molar refractivity (Wildman–Crippen MR) is 62.1 cm³/mol. The Hall–Kier alpha value is -1.66. The summed E-state index contributed by atoms with van der Waals surface area (Å²) < 4.78 is 0. The number of rotatable bonds is 4. The maximum Gasteiger partial charge on any atom is 0.181 e. The number of carbonyl (C=O) groups is 1. The van der Waals surface area contributed by atoms with Crippen molar-refractivity contribution in [2.24, 2.45) is 0 Å². The lowest BCUT2D eigenvalue weighted by Gasteiger charge is -1.99. The summed E-state index contributed by atoms with van der Waals surface area (Å²) in [6.07, 6.45) is 3.18. The zero-order valence-corrected chi connectivity index (χ0v) is 9.36. The molecule has 0 saturated carbocycles. The minimum absolute atomic E-state index is 0.0288. The fraction of sp³-hybridized carbons (Fsp3) is 0.385. The van der Waals surface area contributed by atoms with Crippen molar-refractivity contribution in [2.45, 2.75) is 26.2 Å². The van der Waals surface area contributed by atoms with Gasteiger partial charge < -0.3 is 5.11 Å². The highest BCUT2D eigenvalue weighted by atomic mass is 16.3. The summed E-state index contributed by atoms with van der Waals surface area (Å²) in [6.45, 7) is 2.00. The van der Waals surface area contributed by atoms with Crippen LogP contribution in [0.5, 0.6) is 0 Å². The Labute approximate surface area is 95.5 Å². The Morgan fingerprint density at radius 3 is 3.06 bits per heavy atom. The first-order chi connectivity index (χ1) is 7.77. The van der Waals surface area contributed by atoms with Crippen LogP contribution in [0.1, 0.15) is 42.2 Å². The second-order valence-corrected chi connectivity index (χ2v) is 3.34. The number of hydrogen-bond donors (Lipinski definition) is 1. The first kappa shape index (κ1) is 12.4. The molecule has 3 heteroatoms. The number of pyridine rings is 1. The van der Waals surface area contributed by atoms with Gasteiger partial charge in [0.25, 0.3) is 0 Å². The fourth-order valence-corrected chi connectivity index (χ4v) is 1.22. The predicted octanol–water partition coefficient (Wildman–Crippen LogP) is 1.80. The van der Waals surface area contributed by atoms with Gasteiger partial charge in [-0.1, -0.05) is 18.8 Å². The molecule has 0 aliphatic rings. The summed E-state index contributed by atoms with van der Waals surface area (Å²) in [5.41, 5.74) is 1.24. The Morgan fingerprint density at radius 2 is 2.38 bits per heavy atom. The van der Waals surface area contributed by atoms with E-state index in [0.717, 1.165) is 12.0 Å². The quantitative estimate of drug-likeness (QED) is 0.618. The molecule has 0 unspecified atom stereocenters. The topological polar surface area (TPSA) is 50.2 Å². The van der Waals surface area contributed by atoms with Crippen LogP contribution >= 0.6 is 0 Å². The van der Waals surface area contributed by atoms with Gasteiger partial charge in [-0.05, 0) is 18.6 Å². The summed E-state index contributed by atoms with van der Waals surface area (Å²) in [5, 5.41) is 8.64. The molecule has 0 amide bonds. The smallest absolute Gasteiger partial charge is 0.181 e. The molecule has 1 N–H and O–H groups in total. The van der Waals surface area contributed by atoms with Crippen molar-refractivity contribution >= 4 is 5.78 Å². The minimum Gasteiger partial charge on any atom is -0.396 e. The van der Waals surface area contributed by atoms with Gasteiger partial charge in [0, 0.05) is 31.2 Å². The molecule has 0 atom stereocenters. The van der Waals surface area contributed by atoms with Crippen LogP contribution in [-0.4, -0.2) is 22.5 Å². The highest BCUT2D eigenvalue weighted by molar-refractivity contribution is 5.94. The molecule has 0 aromatic carbocycles. The minimum atomic E-state index is -0.0470. The Balaban J connectivity index is 2.77. The second kappa shape index (κ2) is 6.76. The molecular weight excluding hydrogens is 202 g/mol. The highest BCUT2D eigenvalue weighted by Gasteiger charge is 2.06. The van der Waals surface area contributed by atoms with Crippen molar-refractivity contribution in [3.8, 4) is 11.8 Å². The van der Waals surface area contributed by atoms with E-state index < -0.39 is 0 Å². The maximum absolute atomic E-state index is 11.6. The number of ketones is 1. The van der Waals surface area contributed by atoms with Crippen LogP contribution < -0.4 is 0 Å². The van der Waals surface area contributed by atoms with Gasteiger partial charge in [0.2, 0.25) is 0 Å². The normalized spacial score (nSPS) is 9.38. The molecule has 0 aliphatic heterocycles. The third-order valence-electron chi connectivity index (χ3n) is 2.02. The summed E-state index contributed by atoms with van der Waals surface area (Å²) in [5.74, 6) is 5.85. The van der Waals surface area contributed by atoms with Gasteiger partial charge in [0.1, 0.15) is 5.69 Å².